The Labute approximate surface area is 132 Å². The molecule has 2 rings (SSSR count). The molecular formula is C18H26N2O2. The van der Waals surface area contributed by atoms with Gasteiger partial charge >= 0.3 is 0 Å². The summed E-state index contributed by atoms with van der Waals surface area (Å²) in [4.78, 5) is 26.0. The van der Waals surface area contributed by atoms with Gasteiger partial charge in [-0.05, 0) is 31.4 Å². The van der Waals surface area contributed by atoms with Crippen LogP contribution in [0.15, 0.2) is 24.3 Å². The molecule has 0 atom stereocenters. The number of benzene rings is 1. The third kappa shape index (κ3) is 4.33. The van der Waals surface area contributed by atoms with Crippen LogP contribution >= 0.6 is 0 Å². The summed E-state index contributed by atoms with van der Waals surface area (Å²) < 4.78 is 0. The van der Waals surface area contributed by atoms with Crippen molar-refractivity contribution in [1.29, 1.82) is 0 Å². The Morgan fingerprint density at radius 2 is 1.86 bits per heavy atom. The molecule has 0 spiro atoms. The van der Waals surface area contributed by atoms with Crippen LogP contribution in [-0.2, 0) is 4.79 Å². The molecule has 4 heteroatoms. The van der Waals surface area contributed by atoms with Gasteiger partial charge < -0.3 is 10.2 Å². The van der Waals surface area contributed by atoms with Crippen LogP contribution in [0.25, 0.3) is 0 Å². The van der Waals surface area contributed by atoms with Crippen LogP contribution < -0.4 is 5.32 Å². The van der Waals surface area contributed by atoms with E-state index >= 15 is 0 Å². The van der Waals surface area contributed by atoms with Gasteiger partial charge in [0, 0.05) is 31.6 Å². The van der Waals surface area contributed by atoms with Gasteiger partial charge in [-0.15, -0.1) is 0 Å². The molecule has 0 radical (unpaired) electrons. The highest BCUT2D eigenvalue weighted by Gasteiger charge is 2.22. The van der Waals surface area contributed by atoms with Crippen molar-refractivity contribution in [3.63, 3.8) is 0 Å². The predicted molar refractivity (Wildman–Crippen MR) is 87.8 cm³/mol. The molecule has 1 aliphatic carbocycles. The molecule has 0 unspecified atom stereocenters. The highest BCUT2D eigenvalue weighted by Crippen LogP contribution is 2.22. The standard InChI is InChI=1S/C18H26N2O2/c1-14-8-6-7-11-17(14)18(22)19-12-13-20(15(2)21)16-9-4-3-5-10-16/h6-8,11,16H,3-5,9-10,12-13H2,1-2H3,(H,19,22). The molecule has 22 heavy (non-hydrogen) atoms. The number of carbonyl (C=O) groups is 2. The Balaban J connectivity index is 1.86. The summed E-state index contributed by atoms with van der Waals surface area (Å²) in [5.41, 5.74) is 1.67. The van der Waals surface area contributed by atoms with E-state index in [4.69, 9.17) is 0 Å². The average Bonchev–Trinajstić information content (AvgIpc) is 2.52. The summed E-state index contributed by atoms with van der Waals surface area (Å²) >= 11 is 0. The predicted octanol–water partition coefficient (Wildman–Crippen LogP) is 2.91. The van der Waals surface area contributed by atoms with E-state index in [2.05, 4.69) is 5.32 Å². The number of aryl methyl sites for hydroxylation is 1. The Morgan fingerprint density at radius 3 is 2.50 bits per heavy atom. The van der Waals surface area contributed by atoms with Crippen LogP contribution in [0.4, 0.5) is 0 Å². The van der Waals surface area contributed by atoms with Gasteiger partial charge in [0.1, 0.15) is 0 Å². The van der Waals surface area contributed by atoms with Gasteiger partial charge in [-0.25, -0.2) is 0 Å². The normalized spacial score (nSPS) is 15.4. The number of nitrogens with one attached hydrogen (secondary N) is 1. The third-order valence-corrected chi connectivity index (χ3v) is 4.45. The van der Waals surface area contributed by atoms with Gasteiger partial charge in [-0.3, -0.25) is 9.59 Å². The van der Waals surface area contributed by atoms with E-state index in [1.807, 2.05) is 36.1 Å². The number of carbonyl (C=O) groups excluding carboxylic acids is 2. The second-order valence-corrected chi connectivity index (χ2v) is 6.08. The number of hydrogen-bond acceptors (Lipinski definition) is 2. The molecule has 2 amide bonds. The molecule has 0 aromatic heterocycles. The van der Waals surface area contributed by atoms with E-state index in [9.17, 15) is 9.59 Å². The lowest BCUT2D eigenvalue weighted by Gasteiger charge is -2.33. The van der Waals surface area contributed by atoms with E-state index in [0.29, 0.717) is 24.7 Å². The maximum atomic E-state index is 12.2. The fraction of sp³-hybridized carbons (Fsp3) is 0.556. The summed E-state index contributed by atoms with van der Waals surface area (Å²) in [7, 11) is 0. The van der Waals surface area contributed by atoms with Crippen LogP contribution in [0.3, 0.4) is 0 Å². The zero-order valence-electron chi connectivity index (χ0n) is 13.6. The Bertz CT molecular complexity index is 522. The first-order valence-electron chi connectivity index (χ1n) is 8.20. The topological polar surface area (TPSA) is 49.4 Å². The van der Waals surface area contributed by atoms with E-state index in [1.165, 1.54) is 19.3 Å². The number of amides is 2. The second-order valence-electron chi connectivity index (χ2n) is 6.08. The lowest BCUT2D eigenvalue weighted by molar-refractivity contribution is -0.131. The molecule has 0 bridgehead atoms. The highest BCUT2D eigenvalue weighted by atomic mass is 16.2. The Morgan fingerprint density at radius 1 is 1.18 bits per heavy atom. The number of rotatable bonds is 5. The summed E-state index contributed by atoms with van der Waals surface area (Å²) in [6, 6.07) is 7.90. The van der Waals surface area contributed by atoms with E-state index in [-0.39, 0.29) is 11.8 Å². The minimum absolute atomic E-state index is 0.0646. The quantitative estimate of drug-likeness (QED) is 0.909. The molecule has 1 aromatic rings. The summed E-state index contributed by atoms with van der Waals surface area (Å²) in [5, 5.41) is 2.93. The minimum atomic E-state index is -0.0646. The molecule has 1 aromatic carbocycles. The summed E-state index contributed by atoms with van der Waals surface area (Å²) in [6.45, 7) is 4.65. The number of nitrogens with zero attached hydrogens (tertiary/aromatic N) is 1. The van der Waals surface area contributed by atoms with Gasteiger partial charge in [-0.1, -0.05) is 37.5 Å². The fourth-order valence-electron chi connectivity index (χ4n) is 3.20. The summed E-state index contributed by atoms with van der Waals surface area (Å²) in [5.74, 6) is 0.0438. The molecule has 1 saturated carbocycles. The van der Waals surface area contributed by atoms with Crippen molar-refractivity contribution >= 4 is 11.8 Å². The molecule has 4 nitrogen and oxygen atoms in total. The zero-order chi connectivity index (χ0) is 15.9. The Hall–Kier alpha value is -1.84. The van der Waals surface area contributed by atoms with Crippen molar-refractivity contribution in [1.82, 2.24) is 10.2 Å². The first kappa shape index (κ1) is 16.5. The van der Waals surface area contributed by atoms with Crippen molar-refractivity contribution < 1.29 is 9.59 Å². The maximum Gasteiger partial charge on any atom is 0.251 e. The molecule has 1 fully saturated rings. The molecule has 120 valence electrons. The molecule has 0 aliphatic heterocycles. The first-order valence-corrected chi connectivity index (χ1v) is 8.20. The largest absolute Gasteiger partial charge is 0.350 e. The molecule has 1 aliphatic rings. The first-order chi connectivity index (χ1) is 10.6. The third-order valence-electron chi connectivity index (χ3n) is 4.45. The van der Waals surface area contributed by atoms with E-state index < -0.39 is 0 Å². The fourth-order valence-corrected chi connectivity index (χ4v) is 3.20. The number of hydrogen-bond donors (Lipinski definition) is 1. The zero-order valence-corrected chi connectivity index (χ0v) is 13.6. The van der Waals surface area contributed by atoms with E-state index in [0.717, 1.165) is 18.4 Å². The molecule has 0 saturated heterocycles. The van der Waals surface area contributed by atoms with Crippen LogP contribution in [0.5, 0.6) is 0 Å². The van der Waals surface area contributed by atoms with Gasteiger partial charge in [0.15, 0.2) is 0 Å². The monoisotopic (exact) mass is 302 g/mol. The molecule has 1 N–H and O–H groups in total. The lowest BCUT2D eigenvalue weighted by Crippen LogP contribution is -2.44. The van der Waals surface area contributed by atoms with Crippen molar-refractivity contribution in [3.8, 4) is 0 Å². The van der Waals surface area contributed by atoms with Gasteiger partial charge in [0.25, 0.3) is 5.91 Å². The Kier molecular flexibility index (Phi) is 5.99. The van der Waals surface area contributed by atoms with Gasteiger partial charge in [0.05, 0.1) is 0 Å². The van der Waals surface area contributed by atoms with Crippen LogP contribution in [0.1, 0.15) is 54.9 Å². The van der Waals surface area contributed by atoms with Gasteiger partial charge in [0.2, 0.25) is 5.91 Å². The SMILES string of the molecule is CC(=O)N(CCNC(=O)c1ccccc1C)C1CCCCC1. The smallest absolute Gasteiger partial charge is 0.251 e. The van der Waals surface area contributed by atoms with Crippen LogP contribution in [0.2, 0.25) is 0 Å². The van der Waals surface area contributed by atoms with Crippen molar-refractivity contribution in [2.75, 3.05) is 13.1 Å². The van der Waals surface area contributed by atoms with Crippen molar-refractivity contribution in [3.05, 3.63) is 35.4 Å². The van der Waals surface area contributed by atoms with Crippen LogP contribution in [-0.4, -0.2) is 35.8 Å². The highest BCUT2D eigenvalue weighted by molar-refractivity contribution is 5.95. The molecule has 0 heterocycles. The maximum absolute atomic E-state index is 12.2. The average molecular weight is 302 g/mol. The summed E-state index contributed by atoms with van der Waals surface area (Å²) in [6.07, 6.45) is 5.84. The van der Waals surface area contributed by atoms with Crippen LogP contribution in [0, 0.1) is 6.92 Å². The second kappa shape index (κ2) is 7.97. The lowest BCUT2D eigenvalue weighted by atomic mass is 9.94. The molecular weight excluding hydrogens is 276 g/mol. The minimum Gasteiger partial charge on any atom is -0.350 e. The van der Waals surface area contributed by atoms with Crippen molar-refractivity contribution in [2.45, 2.75) is 52.0 Å². The van der Waals surface area contributed by atoms with Gasteiger partial charge in [-0.2, -0.15) is 0 Å². The van der Waals surface area contributed by atoms with E-state index in [1.54, 1.807) is 6.92 Å². The van der Waals surface area contributed by atoms with Crippen molar-refractivity contribution in [2.24, 2.45) is 0 Å².